The van der Waals surface area contributed by atoms with Gasteiger partial charge in [-0.15, -0.1) is 0 Å². The van der Waals surface area contributed by atoms with E-state index in [9.17, 15) is 0 Å². The van der Waals surface area contributed by atoms with Gasteiger partial charge in [0, 0.05) is 18.2 Å². The Morgan fingerprint density at radius 3 is 2.82 bits per heavy atom. The summed E-state index contributed by atoms with van der Waals surface area (Å²) in [5.41, 5.74) is 1.24. The first kappa shape index (κ1) is 11.3. The second-order valence-corrected chi connectivity index (χ2v) is 5.29. The molecule has 0 spiro atoms. The summed E-state index contributed by atoms with van der Waals surface area (Å²) in [7, 11) is 0. The third-order valence-electron chi connectivity index (χ3n) is 3.64. The van der Waals surface area contributed by atoms with Gasteiger partial charge in [0.15, 0.2) is 0 Å². The van der Waals surface area contributed by atoms with E-state index in [1.807, 2.05) is 6.26 Å². The minimum Gasteiger partial charge on any atom is -0.467 e. The van der Waals surface area contributed by atoms with Crippen LogP contribution in [0.1, 0.15) is 49.8 Å². The summed E-state index contributed by atoms with van der Waals surface area (Å²) in [6.45, 7) is 1.56. The lowest BCUT2D eigenvalue weighted by molar-refractivity contribution is 0.0357. The average molecular weight is 235 g/mol. The number of hydrogen-bond donors (Lipinski definition) is 1. The third-order valence-corrected chi connectivity index (χ3v) is 3.64. The van der Waals surface area contributed by atoms with Crippen molar-refractivity contribution >= 4 is 0 Å². The fraction of sp³-hybridized carbons (Fsp3) is 0.714. The molecule has 0 bridgehead atoms. The summed E-state index contributed by atoms with van der Waals surface area (Å²) in [6, 6.07) is 2.87. The van der Waals surface area contributed by atoms with Crippen LogP contribution in [0.5, 0.6) is 0 Å². The minimum atomic E-state index is 0.466. The summed E-state index contributed by atoms with van der Waals surface area (Å²) < 4.78 is 11.3. The molecule has 1 heterocycles. The summed E-state index contributed by atoms with van der Waals surface area (Å²) in [6.07, 6.45) is 10.0. The first-order valence-electron chi connectivity index (χ1n) is 6.81. The highest BCUT2D eigenvalue weighted by Gasteiger charge is 2.20. The number of ether oxygens (including phenoxy) is 1. The van der Waals surface area contributed by atoms with Gasteiger partial charge in [0.05, 0.1) is 12.4 Å². The molecule has 3 heteroatoms. The molecule has 0 aliphatic heterocycles. The molecule has 0 amide bonds. The lowest BCUT2D eigenvalue weighted by Gasteiger charge is -2.08. The number of hydrogen-bond acceptors (Lipinski definition) is 3. The first-order chi connectivity index (χ1) is 8.40. The Bertz CT molecular complexity index is 351. The highest BCUT2D eigenvalue weighted by Crippen LogP contribution is 2.23. The van der Waals surface area contributed by atoms with Gasteiger partial charge in [-0.2, -0.15) is 0 Å². The molecule has 3 rings (SSSR count). The van der Waals surface area contributed by atoms with Crippen LogP contribution in [0.25, 0.3) is 0 Å². The van der Waals surface area contributed by atoms with Crippen LogP contribution in [0.15, 0.2) is 16.7 Å². The quantitative estimate of drug-likeness (QED) is 0.823. The van der Waals surface area contributed by atoms with E-state index in [1.54, 1.807) is 0 Å². The highest BCUT2D eigenvalue weighted by atomic mass is 16.5. The second kappa shape index (κ2) is 5.23. The molecule has 0 unspecified atom stereocenters. The van der Waals surface area contributed by atoms with E-state index in [4.69, 9.17) is 9.15 Å². The summed E-state index contributed by atoms with van der Waals surface area (Å²) in [5.74, 6) is 0.962. The van der Waals surface area contributed by atoms with Crippen LogP contribution in [-0.4, -0.2) is 12.1 Å². The van der Waals surface area contributed by atoms with Crippen LogP contribution in [0, 0.1) is 0 Å². The van der Waals surface area contributed by atoms with Gasteiger partial charge in [0.1, 0.15) is 12.4 Å². The van der Waals surface area contributed by atoms with Crippen LogP contribution in [-0.2, 0) is 17.9 Å². The van der Waals surface area contributed by atoms with Crippen molar-refractivity contribution in [2.45, 2.75) is 63.8 Å². The maximum Gasteiger partial charge on any atom is 0.129 e. The standard InChI is InChI=1S/C14H21NO2/c1-2-4-13(3-1)17-10-14-7-11(9-16-14)8-15-12-5-6-12/h7,9,12-13,15H,1-6,8,10H2. The van der Waals surface area contributed by atoms with E-state index in [0.29, 0.717) is 12.7 Å². The van der Waals surface area contributed by atoms with Crippen molar-refractivity contribution < 1.29 is 9.15 Å². The lowest BCUT2D eigenvalue weighted by Crippen LogP contribution is -2.14. The molecule has 0 radical (unpaired) electrons. The Morgan fingerprint density at radius 2 is 2.06 bits per heavy atom. The second-order valence-electron chi connectivity index (χ2n) is 5.29. The van der Waals surface area contributed by atoms with Gasteiger partial charge in [-0.3, -0.25) is 0 Å². The van der Waals surface area contributed by atoms with E-state index in [0.717, 1.165) is 18.3 Å². The molecule has 94 valence electrons. The van der Waals surface area contributed by atoms with Crippen molar-refractivity contribution in [2.24, 2.45) is 0 Å². The van der Waals surface area contributed by atoms with Crippen LogP contribution >= 0.6 is 0 Å². The molecule has 0 saturated heterocycles. The van der Waals surface area contributed by atoms with Crippen LogP contribution in [0.2, 0.25) is 0 Å². The first-order valence-corrected chi connectivity index (χ1v) is 6.81. The molecule has 2 saturated carbocycles. The molecule has 17 heavy (non-hydrogen) atoms. The summed E-state index contributed by atoms with van der Waals surface area (Å²) in [5, 5.41) is 3.48. The SMILES string of the molecule is c1oc(COC2CCCC2)cc1CNC1CC1. The molecular weight excluding hydrogens is 214 g/mol. The average Bonchev–Trinajstić information content (AvgIpc) is 2.86. The number of furan rings is 1. The van der Waals surface area contributed by atoms with Crippen LogP contribution < -0.4 is 5.32 Å². The third kappa shape index (κ3) is 3.33. The monoisotopic (exact) mass is 235 g/mol. The molecule has 3 nitrogen and oxygen atoms in total. The van der Waals surface area contributed by atoms with E-state index in [1.165, 1.54) is 44.1 Å². The van der Waals surface area contributed by atoms with Crippen molar-refractivity contribution in [1.29, 1.82) is 0 Å². The number of nitrogens with one attached hydrogen (secondary N) is 1. The van der Waals surface area contributed by atoms with E-state index in [2.05, 4.69) is 11.4 Å². The largest absolute Gasteiger partial charge is 0.467 e. The van der Waals surface area contributed by atoms with Gasteiger partial charge >= 0.3 is 0 Å². The zero-order chi connectivity index (χ0) is 11.5. The zero-order valence-electron chi connectivity index (χ0n) is 10.3. The van der Waals surface area contributed by atoms with E-state index in [-0.39, 0.29) is 0 Å². The van der Waals surface area contributed by atoms with E-state index < -0.39 is 0 Å². The van der Waals surface area contributed by atoms with Crippen molar-refractivity contribution in [1.82, 2.24) is 5.32 Å². The highest BCUT2D eigenvalue weighted by molar-refractivity contribution is 5.12. The van der Waals surface area contributed by atoms with Gasteiger partial charge in [-0.1, -0.05) is 12.8 Å². The molecule has 1 N–H and O–H groups in total. The molecule has 1 aromatic rings. The van der Waals surface area contributed by atoms with Gasteiger partial charge in [0.25, 0.3) is 0 Å². The van der Waals surface area contributed by atoms with Crippen molar-refractivity contribution in [2.75, 3.05) is 0 Å². The Balaban J connectivity index is 1.42. The Morgan fingerprint density at radius 1 is 1.24 bits per heavy atom. The molecule has 0 atom stereocenters. The van der Waals surface area contributed by atoms with E-state index >= 15 is 0 Å². The normalized spacial score (nSPS) is 21.2. The summed E-state index contributed by atoms with van der Waals surface area (Å²) >= 11 is 0. The fourth-order valence-electron chi connectivity index (χ4n) is 2.40. The van der Waals surface area contributed by atoms with Gasteiger partial charge in [-0.25, -0.2) is 0 Å². The predicted molar refractivity (Wildman–Crippen MR) is 65.6 cm³/mol. The minimum absolute atomic E-state index is 0.466. The fourth-order valence-corrected chi connectivity index (χ4v) is 2.40. The van der Waals surface area contributed by atoms with Gasteiger partial charge in [-0.05, 0) is 31.7 Å². The number of rotatable bonds is 6. The van der Waals surface area contributed by atoms with Crippen molar-refractivity contribution in [3.05, 3.63) is 23.7 Å². The zero-order valence-corrected chi connectivity index (χ0v) is 10.3. The molecule has 0 aromatic carbocycles. The lowest BCUT2D eigenvalue weighted by atomic mass is 10.3. The maximum atomic E-state index is 5.83. The smallest absolute Gasteiger partial charge is 0.129 e. The van der Waals surface area contributed by atoms with Crippen molar-refractivity contribution in [3.8, 4) is 0 Å². The Labute approximate surface area is 103 Å². The van der Waals surface area contributed by atoms with Crippen molar-refractivity contribution in [3.63, 3.8) is 0 Å². The molecule has 2 aliphatic rings. The molecule has 2 fully saturated rings. The van der Waals surface area contributed by atoms with Crippen LogP contribution in [0.4, 0.5) is 0 Å². The predicted octanol–water partition coefficient (Wildman–Crippen LogP) is 2.99. The Kier molecular flexibility index (Phi) is 3.48. The van der Waals surface area contributed by atoms with Crippen LogP contribution in [0.3, 0.4) is 0 Å². The van der Waals surface area contributed by atoms with Gasteiger partial charge < -0.3 is 14.5 Å². The van der Waals surface area contributed by atoms with Gasteiger partial charge in [0.2, 0.25) is 0 Å². The topological polar surface area (TPSA) is 34.4 Å². The molecule has 2 aliphatic carbocycles. The maximum absolute atomic E-state index is 5.83. The molecular formula is C14H21NO2. The Hall–Kier alpha value is -0.800. The molecule has 1 aromatic heterocycles. The summed E-state index contributed by atoms with van der Waals surface area (Å²) in [4.78, 5) is 0.